The van der Waals surface area contributed by atoms with Gasteiger partial charge in [-0.25, -0.2) is 0 Å². The molecule has 0 amide bonds. The molecule has 0 saturated carbocycles. The average Bonchev–Trinajstić information content (AvgIpc) is 1.59. The summed E-state index contributed by atoms with van der Waals surface area (Å²) in [4.78, 5) is 10.1. The molecule has 0 aromatic heterocycles. The SMILES string of the molecule is C[N+](C)(C)CC[P+](=O)[O-]. The zero-order chi connectivity index (χ0) is 7.49. The van der Waals surface area contributed by atoms with E-state index >= 15 is 0 Å². The fraction of sp³-hybridized carbons (Fsp3) is 1.00. The number of hydrogen-bond acceptors (Lipinski definition) is 2. The monoisotopic (exact) mass is 150 g/mol. The smallest absolute Gasteiger partial charge is 0.314 e. The Labute approximate surface area is 56.8 Å². The van der Waals surface area contributed by atoms with Crippen molar-refractivity contribution >= 4 is 8.03 Å². The van der Waals surface area contributed by atoms with Crippen LogP contribution in [0, 0.1) is 0 Å². The first kappa shape index (κ1) is 9.02. The van der Waals surface area contributed by atoms with E-state index in [0.717, 1.165) is 0 Å². The van der Waals surface area contributed by atoms with E-state index < -0.39 is 8.03 Å². The molecule has 0 radical (unpaired) electrons. The Hall–Kier alpha value is 0.0200. The fourth-order valence-corrected chi connectivity index (χ4v) is 1.14. The molecule has 0 fully saturated rings. The van der Waals surface area contributed by atoms with Crippen LogP contribution in [0.5, 0.6) is 0 Å². The van der Waals surface area contributed by atoms with Crippen LogP contribution in [0.1, 0.15) is 0 Å². The quantitative estimate of drug-likeness (QED) is 0.412. The van der Waals surface area contributed by atoms with Gasteiger partial charge in [0.1, 0.15) is 6.54 Å². The lowest BCUT2D eigenvalue weighted by Crippen LogP contribution is -2.36. The number of hydrogen-bond donors (Lipinski definition) is 0. The third-order valence-electron chi connectivity index (χ3n) is 0.953. The van der Waals surface area contributed by atoms with Crippen molar-refractivity contribution < 1.29 is 13.9 Å². The van der Waals surface area contributed by atoms with E-state index in [4.69, 9.17) is 0 Å². The first-order chi connectivity index (χ1) is 3.92. The molecule has 0 bridgehead atoms. The predicted molar refractivity (Wildman–Crippen MR) is 35.4 cm³/mol. The molecule has 0 aliphatic heterocycles. The topological polar surface area (TPSA) is 40.1 Å². The van der Waals surface area contributed by atoms with E-state index in [0.29, 0.717) is 17.2 Å². The standard InChI is InChI=1S/C5H13NO2P/c1-6(2,3)4-5-9(7)8/h4-5H2,1-3H3/q+1. The van der Waals surface area contributed by atoms with Crippen LogP contribution >= 0.6 is 8.03 Å². The van der Waals surface area contributed by atoms with Crippen LogP contribution in [-0.4, -0.2) is 38.3 Å². The molecule has 0 saturated heterocycles. The van der Waals surface area contributed by atoms with Crippen molar-refractivity contribution in [2.45, 2.75) is 0 Å². The molecule has 0 heterocycles. The summed E-state index contributed by atoms with van der Waals surface area (Å²) >= 11 is 0. The van der Waals surface area contributed by atoms with E-state index in [2.05, 4.69) is 0 Å². The van der Waals surface area contributed by atoms with Crippen LogP contribution in [-0.2, 0) is 4.57 Å². The minimum Gasteiger partial charge on any atom is -0.595 e. The highest BCUT2D eigenvalue weighted by molar-refractivity contribution is 7.36. The minimum atomic E-state index is -2.18. The maximum atomic E-state index is 10.1. The van der Waals surface area contributed by atoms with Crippen LogP contribution in [0.25, 0.3) is 0 Å². The third-order valence-corrected chi connectivity index (χ3v) is 1.52. The summed E-state index contributed by atoms with van der Waals surface area (Å²) in [6.07, 6.45) is 0.291. The second-order valence-corrected chi connectivity index (χ2v) is 4.18. The Morgan fingerprint density at radius 3 is 2.00 bits per heavy atom. The van der Waals surface area contributed by atoms with E-state index in [1.165, 1.54) is 0 Å². The van der Waals surface area contributed by atoms with E-state index in [-0.39, 0.29) is 0 Å². The zero-order valence-electron chi connectivity index (χ0n) is 6.13. The average molecular weight is 150 g/mol. The molecule has 0 rings (SSSR count). The van der Waals surface area contributed by atoms with Crippen LogP contribution in [0.4, 0.5) is 0 Å². The van der Waals surface area contributed by atoms with Crippen LogP contribution in [0.2, 0.25) is 0 Å². The van der Waals surface area contributed by atoms with E-state index in [1.807, 2.05) is 21.1 Å². The Bertz CT molecular complexity index is 108. The molecule has 0 aliphatic rings. The molecule has 1 atom stereocenters. The molecule has 0 N–H and O–H groups in total. The summed E-state index contributed by atoms with van der Waals surface area (Å²) in [5.41, 5.74) is 0. The first-order valence-electron chi connectivity index (χ1n) is 2.84. The second kappa shape index (κ2) is 3.25. The van der Waals surface area contributed by atoms with Crippen molar-refractivity contribution in [1.29, 1.82) is 0 Å². The van der Waals surface area contributed by atoms with Gasteiger partial charge in [-0.3, -0.25) is 0 Å². The molecular weight excluding hydrogens is 137 g/mol. The maximum Gasteiger partial charge on any atom is 0.314 e. The summed E-state index contributed by atoms with van der Waals surface area (Å²) < 4.78 is 10.8. The molecule has 54 valence electrons. The number of rotatable bonds is 3. The highest BCUT2D eigenvalue weighted by atomic mass is 31.1. The second-order valence-electron chi connectivity index (χ2n) is 3.07. The van der Waals surface area contributed by atoms with E-state index in [9.17, 15) is 9.46 Å². The van der Waals surface area contributed by atoms with Crippen molar-refractivity contribution in [3.05, 3.63) is 0 Å². The van der Waals surface area contributed by atoms with Gasteiger partial charge in [0.25, 0.3) is 0 Å². The Kier molecular flexibility index (Phi) is 3.26. The van der Waals surface area contributed by atoms with Crippen molar-refractivity contribution in [3.8, 4) is 0 Å². The van der Waals surface area contributed by atoms with Gasteiger partial charge in [-0.1, -0.05) is 4.57 Å². The summed E-state index contributed by atoms with van der Waals surface area (Å²) in [6, 6.07) is 0. The molecule has 9 heavy (non-hydrogen) atoms. The van der Waals surface area contributed by atoms with Crippen molar-refractivity contribution in [3.63, 3.8) is 0 Å². The molecule has 3 nitrogen and oxygen atoms in total. The van der Waals surface area contributed by atoms with Gasteiger partial charge < -0.3 is 9.38 Å². The Morgan fingerprint density at radius 1 is 1.44 bits per heavy atom. The largest absolute Gasteiger partial charge is 0.595 e. The minimum absolute atomic E-state index is 0.291. The summed E-state index contributed by atoms with van der Waals surface area (Å²) in [5, 5.41) is 0. The molecule has 0 aliphatic carbocycles. The van der Waals surface area contributed by atoms with Crippen LogP contribution in [0.15, 0.2) is 0 Å². The summed E-state index contributed by atoms with van der Waals surface area (Å²) in [5.74, 6) is 0. The molecular formula is C5H13NO2P+. The zero-order valence-corrected chi connectivity index (χ0v) is 7.02. The molecule has 4 heteroatoms. The Balaban J connectivity index is 3.39. The van der Waals surface area contributed by atoms with Crippen LogP contribution in [0.3, 0.4) is 0 Å². The highest BCUT2D eigenvalue weighted by Crippen LogP contribution is 2.06. The van der Waals surface area contributed by atoms with Gasteiger partial charge in [-0.05, 0) is 0 Å². The normalized spacial score (nSPS) is 13.6. The lowest BCUT2D eigenvalue weighted by molar-refractivity contribution is -0.867. The van der Waals surface area contributed by atoms with E-state index in [1.54, 1.807) is 0 Å². The fourth-order valence-electron chi connectivity index (χ4n) is 0.382. The van der Waals surface area contributed by atoms with Gasteiger partial charge in [-0.2, -0.15) is 0 Å². The number of nitrogens with zero attached hydrogens (tertiary/aromatic N) is 1. The van der Waals surface area contributed by atoms with Crippen molar-refractivity contribution in [2.75, 3.05) is 33.8 Å². The van der Waals surface area contributed by atoms with Gasteiger partial charge in [0.2, 0.25) is 0 Å². The molecule has 0 aromatic rings. The van der Waals surface area contributed by atoms with Crippen molar-refractivity contribution in [1.82, 2.24) is 0 Å². The molecule has 0 aromatic carbocycles. The van der Waals surface area contributed by atoms with Gasteiger partial charge in [0, 0.05) is 0 Å². The van der Waals surface area contributed by atoms with Gasteiger partial charge in [0.05, 0.1) is 21.1 Å². The summed E-state index contributed by atoms with van der Waals surface area (Å²) in [6.45, 7) is 0.693. The first-order valence-corrected chi connectivity index (χ1v) is 4.20. The third kappa shape index (κ3) is 8.02. The van der Waals surface area contributed by atoms with Gasteiger partial charge >= 0.3 is 8.03 Å². The maximum absolute atomic E-state index is 10.1. The lowest BCUT2D eigenvalue weighted by Gasteiger charge is -2.21. The number of quaternary nitrogens is 1. The lowest BCUT2D eigenvalue weighted by atomic mass is 10.6. The summed E-state index contributed by atoms with van der Waals surface area (Å²) in [7, 11) is 3.73. The van der Waals surface area contributed by atoms with Crippen LogP contribution < -0.4 is 4.89 Å². The molecule has 1 unspecified atom stereocenters. The van der Waals surface area contributed by atoms with Crippen molar-refractivity contribution in [2.24, 2.45) is 0 Å². The Morgan fingerprint density at radius 2 is 1.89 bits per heavy atom. The van der Waals surface area contributed by atoms with Gasteiger partial charge in [-0.15, -0.1) is 0 Å². The molecule has 0 spiro atoms. The highest BCUT2D eigenvalue weighted by Gasteiger charge is 2.11. The predicted octanol–water partition coefficient (Wildman–Crippen LogP) is -0.205. The van der Waals surface area contributed by atoms with Gasteiger partial charge in [0.15, 0.2) is 6.16 Å².